The molecule has 0 aliphatic rings. The molecule has 2 nitrogen and oxygen atoms in total. The van der Waals surface area contributed by atoms with Gasteiger partial charge in [-0.05, 0) is 59.3 Å². The minimum Gasteiger partial charge on any atom is -0.321 e. The fourth-order valence-corrected chi connectivity index (χ4v) is 2.01. The summed E-state index contributed by atoms with van der Waals surface area (Å²) < 4.78 is 14.3. The SMILES string of the molecule is Cc1ccc(C(=O)Nc2ccccc2I)cc1F. The third-order valence-electron chi connectivity index (χ3n) is 2.56. The van der Waals surface area contributed by atoms with Crippen molar-refractivity contribution in [3.8, 4) is 0 Å². The Labute approximate surface area is 118 Å². The van der Waals surface area contributed by atoms with Crippen LogP contribution >= 0.6 is 22.6 Å². The molecule has 0 spiro atoms. The molecular formula is C14H11FINO. The summed E-state index contributed by atoms with van der Waals surface area (Å²) in [4.78, 5) is 11.9. The topological polar surface area (TPSA) is 29.1 Å². The molecule has 0 saturated heterocycles. The van der Waals surface area contributed by atoms with Crippen molar-refractivity contribution in [2.45, 2.75) is 6.92 Å². The summed E-state index contributed by atoms with van der Waals surface area (Å²) in [6, 6.07) is 11.9. The predicted octanol–water partition coefficient (Wildman–Crippen LogP) is 3.99. The van der Waals surface area contributed by atoms with Crippen LogP contribution in [0.1, 0.15) is 15.9 Å². The van der Waals surface area contributed by atoms with Gasteiger partial charge in [-0.1, -0.05) is 18.2 Å². The van der Waals surface area contributed by atoms with Crippen LogP contribution in [0.4, 0.5) is 10.1 Å². The number of halogens is 2. The van der Waals surface area contributed by atoms with Crippen LogP contribution in [-0.2, 0) is 0 Å². The normalized spacial score (nSPS) is 10.2. The Morgan fingerprint density at radius 2 is 1.94 bits per heavy atom. The monoisotopic (exact) mass is 355 g/mol. The molecule has 0 heterocycles. The molecule has 92 valence electrons. The zero-order chi connectivity index (χ0) is 13.1. The third kappa shape index (κ3) is 2.87. The van der Waals surface area contributed by atoms with Crippen molar-refractivity contribution in [1.82, 2.24) is 0 Å². The highest BCUT2D eigenvalue weighted by Gasteiger charge is 2.09. The van der Waals surface area contributed by atoms with Crippen LogP contribution in [0, 0.1) is 16.3 Å². The summed E-state index contributed by atoms with van der Waals surface area (Å²) in [5.74, 6) is -0.677. The van der Waals surface area contributed by atoms with Crippen molar-refractivity contribution in [2.75, 3.05) is 5.32 Å². The number of para-hydroxylation sites is 1. The smallest absolute Gasteiger partial charge is 0.255 e. The molecule has 0 radical (unpaired) electrons. The maximum absolute atomic E-state index is 13.4. The summed E-state index contributed by atoms with van der Waals surface area (Å²) >= 11 is 2.14. The van der Waals surface area contributed by atoms with Crippen LogP contribution in [0.25, 0.3) is 0 Å². The standard InChI is InChI=1S/C14H11FINO/c1-9-6-7-10(8-11(9)15)14(18)17-13-5-3-2-4-12(13)16/h2-8H,1H3,(H,17,18). The van der Waals surface area contributed by atoms with Crippen LogP contribution < -0.4 is 5.32 Å². The lowest BCUT2D eigenvalue weighted by molar-refractivity contribution is 0.102. The summed E-state index contributed by atoms with van der Waals surface area (Å²) in [6.45, 7) is 1.66. The van der Waals surface area contributed by atoms with Gasteiger partial charge in [0.15, 0.2) is 0 Å². The van der Waals surface area contributed by atoms with Gasteiger partial charge in [0.25, 0.3) is 5.91 Å². The molecule has 0 aliphatic carbocycles. The maximum Gasteiger partial charge on any atom is 0.255 e. The first kappa shape index (κ1) is 13.0. The zero-order valence-corrected chi connectivity index (χ0v) is 11.9. The Hall–Kier alpha value is -1.43. The number of amides is 1. The average molecular weight is 355 g/mol. The average Bonchev–Trinajstić information content (AvgIpc) is 2.35. The van der Waals surface area contributed by atoms with E-state index in [1.54, 1.807) is 19.1 Å². The fraction of sp³-hybridized carbons (Fsp3) is 0.0714. The summed E-state index contributed by atoms with van der Waals surface area (Å²) in [6.07, 6.45) is 0. The summed E-state index contributed by atoms with van der Waals surface area (Å²) in [5, 5.41) is 2.76. The van der Waals surface area contributed by atoms with E-state index in [2.05, 4.69) is 27.9 Å². The molecule has 0 atom stereocenters. The van der Waals surface area contributed by atoms with E-state index in [1.807, 2.05) is 24.3 Å². The van der Waals surface area contributed by atoms with Gasteiger partial charge < -0.3 is 5.32 Å². The van der Waals surface area contributed by atoms with Gasteiger partial charge in [0.05, 0.1) is 5.69 Å². The second-order valence-electron chi connectivity index (χ2n) is 3.90. The Balaban J connectivity index is 2.22. The molecule has 0 fully saturated rings. The van der Waals surface area contributed by atoms with Crippen molar-refractivity contribution < 1.29 is 9.18 Å². The molecule has 1 N–H and O–H groups in total. The number of anilines is 1. The number of nitrogens with one attached hydrogen (secondary N) is 1. The zero-order valence-electron chi connectivity index (χ0n) is 9.71. The van der Waals surface area contributed by atoms with Crippen LogP contribution in [0.5, 0.6) is 0 Å². The van der Waals surface area contributed by atoms with Gasteiger partial charge in [-0.3, -0.25) is 4.79 Å². The first-order chi connectivity index (χ1) is 8.58. The Bertz CT molecular complexity index is 598. The van der Waals surface area contributed by atoms with Gasteiger partial charge in [0.1, 0.15) is 5.82 Å². The lowest BCUT2D eigenvalue weighted by atomic mass is 10.1. The number of hydrogen-bond donors (Lipinski definition) is 1. The van der Waals surface area contributed by atoms with E-state index in [9.17, 15) is 9.18 Å². The maximum atomic E-state index is 13.4. The van der Waals surface area contributed by atoms with Crippen molar-refractivity contribution in [3.63, 3.8) is 0 Å². The number of carbonyl (C=O) groups is 1. The van der Waals surface area contributed by atoms with Crippen LogP contribution in [0.15, 0.2) is 42.5 Å². The molecule has 0 unspecified atom stereocenters. The van der Waals surface area contributed by atoms with Gasteiger partial charge in [-0.25, -0.2) is 4.39 Å². The Morgan fingerprint density at radius 1 is 1.22 bits per heavy atom. The largest absolute Gasteiger partial charge is 0.321 e. The highest BCUT2D eigenvalue weighted by molar-refractivity contribution is 14.1. The van der Waals surface area contributed by atoms with Crippen molar-refractivity contribution in [2.24, 2.45) is 0 Å². The van der Waals surface area contributed by atoms with E-state index in [1.165, 1.54) is 6.07 Å². The van der Waals surface area contributed by atoms with E-state index >= 15 is 0 Å². The number of hydrogen-bond acceptors (Lipinski definition) is 1. The first-order valence-electron chi connectivity index (χ1n) is 5.40. The molecule has 2 rings (SSSR count). The van der Waals surface area contributed by atoms with Gasteiger partial charge in [-0.15, -0.1) is 0 Å². The molecule has 2 aromatic rings. The van der Waals surface area contributed by atoms with E-state index in [-0.39, 0.29) is 11.7 Å². The second kappa shape index (κ2) is 5.48. The van der Waals surface area contributed by atoms with E-state index in [4.69, 9.17) is 0 Å². The van der Waals surface area contributed by atoms with Gasteiger partial charge >= 0.3 is 0 Å². The van der Waals surface area contributed by atoms with Gasteiger partial charge in [0.2, 0.25) is 0 Å². The Morgan fingerprint density at radius 3 is 2.61 bits per heavy atom. The van der Waals surface area contributed by atoms with E-state index in [0.717, 1.165) is 9.26 Å². The molecule has 0 aromatic heterocycles. The summed E-state index contributed by atoms with van der Waals surface area (Å²) in [5.41, 5.74) is 1.57. The van der Waals surface area contributed by atoms with Crippen molar-refractivity contribution in [1.29, 1.82) is 0 Å². The number of carbonyl (C=O) groups excluding carboxylic acids is 1. The predicted molar refractivity (Wildman–Crippen MR) is 78.2 cm³/mol. The molecular weight excluding hydrogens is 344 g/mol. The van der Waals surface area contributed by atoms with Crippen molar-refractivity contribution >= 4 is 34.2 Å². The molecule has 18 heavy (non-hydrogen) atoms. The molecule has 4 heteroatoms. The quantitative estimate of drug-likeness (QED) is 0.811. The molecule has 0 aliphatic heterocycles. The van der Waals surface area contributed by atoms with Crippen LogP contribution in [0.3, 0.4) is 0 Å². The molecule has 1 amide bonds. The third-order valence-corrected chi connectivity index (χ3v) is 3.50. The van der Waals surface area contributed by atoms with Crippen LogP contribution in [-0.4, -0.2) is 5.91 Å². The van der Waals surface area contributed by atoms with Gasteiger partial charge in [0, 0.05) is 9.13 Å². The number of aryl methyl sites for hydroxylation is 1. The lowest BCUT2D eigenvalue weighted by Crippen LogP contribution is -2.13. The molecule has 2 aromatic carbocycles. The second-order valence-corrected chi connectivity index (χ2v) is 5.06. The lowest BCUT2D eigenvalue weighted by Gasteiger charge is -2.07. The number of benzene rings is 2. The Kier molecular flexibility index (Phi) is 3.96. The molecule has 0 saturated carbocycles. The fourth-order valence-electron chi connectivity index (χ4n) is 1.49. The first-order valence-corrected chi connectivity index (χ1v) is 6.48. The molecule has 0 bridgehead atoms. The highest BCUT2D eigenvalue weighted by atomic mass is 127. The minimum atomic E-state index is -0.370. The highest BCUT2D eigenvalue weighted by Crippen LogP contribution is 2.18. The van der Waals surface area contributed by atoms with Gasteiger partial charge in [-0.2, -0.15) is 0 Å². The number of rotatable bonds is 2. The van der Waals surface area contributed by atoms with Crippen molar-refractivity contribution in [3.05, 3.63) is 63.0 Å². The van der Waals surface area contributed by atoms with E-state index in [0.29, 0.717) is 11.1 Å². The summed E-state index contributed by atoms with van der Waals surface area (Å²) in [7, 11) is 0. The van der Waals surface area contributed by atoms with E-state index < -0.39 is 0 Å². The van der Waals surface area contributed by atoms with Crippen LogP contribution in [0.2, 0.25) is 0 Å². The minimum absolute atomic E-state index is 0.307.